The Morgan fingerprint density at radius 3 is 2.36 bits per heavy atom. The van der Waals surface area contributed by atoms with Crippen molar-refractivity contribution in [1.82, 2.24) is 5.32 Å². The second-order valence-corrected chi connectivity index (χ2v) is 4.94. The van der Waals surface area contributed by atoms with Crippen LogP contribution in [-0.2, 0) is 14.4 Å². The maximum Gasteiger partial charge on any atom is 0.326 e. The van der Waals surface area contributed by atoms with Gasteiger partial charge in [-0.3, -0.25) is 9.59 Å². The Morgan fingerprint density at radius 2 is 1.95 bits per heavy atom. The van der Waals surface area contributed by atoms with Crippen LogP contribution in [0.2, 0.25) is 0 Å². The summed E-state index contributed by atoms with van der Waals surface area (Å²) in [5.41, 5.74) is 4.52. The van der Waals surface area contributed by atoms with Crippen LogP contribution in [0.5, 0.6) is 0 Å². The number of nitrogens with zero attached hydrogens (tertiary/aromatic N) is 1. The number of nitrogens with one attached hydrogen (secondary N) is 1. The third-order valence-corrected chi connectivity index (χ3v) is 3.48. The molecule has 1 saturated heterocycles. The monoisotopic (exact) mass is 349 g/mol. The third kappa shape index (κ3) is 3.55. The van der Waals surface area contributed by atoms with E-state index in [9.17, 15) is 14.4 Å². The molecule has 0 aliphatic carbocycles. The van der Waals surface area contributed by atoms with Gasteiger partial charge in [-0.25, -0.2) is 4.79 Å². The number of aromatic nitrogens is 1. The van der Waals surface area contributed by atoms with Crippen molar-refractivity contribution in [3.05, 3.63) is 30.6 Å². The van der Waals surface area contributed by atoms with Crippen LogP contribution in [0.3, 0.4) is 0 Å². The molecule has 0 aromatic carbocycles. The Hall–Kier alpha value is -1.70. The van der Waals surface area contributed by atoms with Gasteiger partial charge in [0.1, 0.15) is 6.04 Å². The fourth-order valence-corrected chi connectivity index (χ4v) is 2.58. The SMILES string of the molecule is CC(=O)C([n+]1ccccc1)C1(N)CC(C(=O)O)NC1=O.Cl.[Cl-]. The van der Waals surface area contributed by atoms with Crippen LogP contribution in [-0.4, -0.2) is 34.3 Å². The number of hydrogen-bond acceptors (Lipinski definition) is 4. The van der Waals surface area contributed by atoms with E-state index in [4.69, 9.17) is 10.8 Å². The lowest BCUT2D eigenvalue weighted by Gasteiger charge is -2.24. The van der Waals surface area contributed by atoms with Crippen molar-refractivity contribution >= 4 is 30.1 Å². The fraction of sp³-hybridized carbons (Fsp3) is 0.385. The van der Waals surface area contributed by atoms with Crippen LogP contribution in [0.1, 0.15) is 19.4 Å². The molecule has 4 N–H and O–H groups in total. The van der Waals surface area contributed by atoms with E-state index in [0.717, 1.165) is 0 Å². The van der Waals surface area contributed by atoms with Gasteiger partial charge < -0.3 is 28.6 Å². The molecule has 2 rings (SSSR count). The predicted molar refractivity (Wildman–Crippen MR) is 74.7 cm³/mol. The smallest absolute Gasteiger partial charge is 0.326 e. The van der Waals surface area contributed by atoms with Crippen molar-refractivity contribution < 1.29 is 36.5 Å². The molecule has 0 radical (unpaired) electrons. The van der Waals surface area contributed by atoms with Gasteiger partial charge in [0.2, 0.25) is 11.9 Å². The summed E-state index contributed by atoms with van der Waals surface area (Å²) in [6.07, 6.45) is 3.12. The summed E-state index contributed by atoms with van der Waals surface area (Å²) in [6.45, 7) is 1.33. The number of halogens is 2. The zero-order chi connectivity index (χ0) is 14.9. The first-order chi connectivity index (χ1) is 9.36. The molecule has 0 saturated carbocycles. The fourth-order valence-electron chi connectivity index (χ4n) is 2.58. The van der Waals surface area contributed by atoms with E-state index in [1.54, 1.807) is 30.6 Å². The first-order valence-corrected chi connectivity index (χ1v) is 6.15. The molecular weight excluding hydrogens is 333 g/mol. The van der Waals surface area contributed by atoms with Crippen molar-refractivity contribution in [2.24, 2.45) is 5.73 Å². The van der Waals surface area contributed by atoms with Gasteiger partial charge >= 0.3 is 5.97 Å². The van der Waals surface area contributed by atoms with Crippen LogP contribution in [0.25, 0.3) is 0 Å². The summed E-state index contributed by atoms with van der Waals surface area (Å²) >= 11 is 0. The molecule has 1 aromatic heterocycles. The molecule has 1 fully saturated rings. The number of carboxylic acid groups (broad SMARTS) is 1. The molecule has 3 unspecified atom stereocenters. The first kappa shape index (κ1) is 20.3. The summed E-state index contributed by atoms with van der Waals surface area (Å²) in [5, 5.41) is 11.3. The second-order valence-electron chi connectivity index (χ2n) is 4.94. The molecule has 7 nitrogen and oxygen atoms in total. The zero-order valence-corrected chi connectivity index (χ0v) is 13.3. The summed E-state index contributed by atoms with van der Waals surface area (Å²) in [4.78, 5) is 35.0. The van der Waals surface area contributed by atoms with Crippen molar-refractivity contribution in [2.75, 3.05) is 0 Å². The normalized spacial score (nSPS) is 24.5. The molecule has 1 aliphatic rings. The van der Waals surface area contributed by atoms with Gasteiger partial charge in [0, 0.05) is 25.5 Å². The summed E-state index contributed by atoms with van der Waals surface area (Å²) in [7, 11) is 0. The zero-order valence-electron chi connectivity index (χ0n) is 11.7. The summed E-state index contributed by atoms with van der Waals surface area (Å²) in [5.74, 6) is -2.09. The van der Waals surface area contributed by atoms with E-state index in [1.807, 2.05) is 0 Å². The molecule has 0 spiro atoms. The Morgan fingerprint density at radius 1 is 1.41 bits per heavy atom. The van der Waals surface area contributed by atoms with E-state index in [-0.39, 0.29) is 37.0 Å². The number of carbonyl (C=O) groups is 3. The minimum atomic E-state index is -1.57. The number of carbonyl (C=O) groups excluding carboxylic acids is 2. The Balaban J connectivity index is 0.00000220. The Kier molecular flexibility index (Phi) is 6.95. The average Bonchev–Trinajstić information content (AvgIpc) is 2.67. The molecule has 1 amide bonds. The molecular formula is C13H17Cl2N3O4. The second kappa shape index (κ2) is 7.53. The maximum atomic E-state index is 12.1. The van der Waals surface area contributed by atoms with Crippen LogP contribution >= 0.6 is 12.4 Å². The van der Waals surface area contributed by atoms with E-state index in [1.165, 1.54) is 11.5 Å². The molecule has 3 atom stereocenters. The van der Waals surface area contributed by atoms with Crippen LogP contribution in [0.4, 0.5) is 0 Å². The lowest BCUT2D eigenvalue weighted by Crippen LogP contribution is -3.00. The number of Topliss-reactive ketones (excluding diaryl/α,β-unsaturated/α-hetero) is 1. The topological polar surface area (TPSA) is 113 Å². The lowest BCUT2D eigenvalue weighted by molar-refractivity contribution is -0.714. The largest absolute Gasteiger partial charge is 1.00 e. The number of hydrogen-bond donors (Lipinski definition) is 3. The highest BCUT2D eigenvalue weighted by molar-refractivity contribution is 5.98. The number of pyridine rings is 1. The number of aliphatic carboxylic acids is 1. The van der Waals surface area contributed by atoms with Crippen molar-refractivity contribution in [3.8, 4) is 0 Å². The highest BCUT2D eigenvalue weighted by Gasteiger charge is 2.57. The van der Waals surface area contributed by atoms with Crippen molar-refractivity contribution in [2.45, 2.75) is 31.0 Å². The third-order valence-electron chi connectivity index (χ3n) is 3.48. The molecule has 9 heteroatoms. The van der Waals surface area contributed by atoms with Gasteiger partial charge in [-0.05, 0) is 0 Å². The van der Waals surface area contributed by atoms with Gasteiger partial charge in [0.05, 0.1) is 0 Å². The Labute approximate surface area is 139 Å². The van der Waals surface area contributed by atoms with Crippen LogP contribution in [0, 0.1) is 0 Å². The molecule has 1 aliphatic heterocycles. The number of carboxylic acids is 1. The van der Waals surface area contributed by atoms with E-state index in [2.05, 4.69) is 5.32 Å². The molecule has 2 heterocycles. The minimum Gasteiger partial charge on any atom is -1.00 e. The molecule has 0 bridgehead atoms. The first-order valence-electron chi connectivity index (χ1n) is 6.15. The van der Waals surface area contributed by atoms with Gasteiger partial charge in [0.25, 0.3) is 0 Å². The molecule has 122 valence electrons. The lowest BCUT2D eigenvalue weighted by atomic mass is 9.85. The summed E-state index contributed by atoms with van der Waals surface area (Å²) < 4.78 is 1.53. The average molecular weight is 350 g/mol. The van der Waals surface area contributed by atoms with Crippen molar-refractivity contribution in [1.29, 1.82) is 0 Å². The summed E-state index contributed by atoms with van der Waals surface area (Å²) in [6, 6.07) is 3.18. The van der Waals surface area contributed by atoms with Gasteiger partial charge in [-0.1, -0.05) is 6.07 Å². The standard InChI is InChI=1S/C13H15N3O4.2ClH/c1-8(17)10(16-5-3-2-4-6-16)13(14)7-9(11(18)19)15-12(13)20;;/h2-6,9-10H,7,14H2,1H3,(H-,15,18,19,20);2*1H. The van der Waals surface area contributed by atoms with Gasteiger partial charge in [-0.15, -0.1) is 12.4 Å². The Bertz CT molecular complexity index is 570. The number of nitrogens with two attached hydrogens (primary N) is 1. The molecule has 1 aromatic rings. The molecule has 22 heavy (non-hydrogen) atoms. The highest BCUT2D eigenvalue weighted by atomic mass is 35.5. The minimum absolute atomic E-state index is 0. The van der Waals surface area contributed by atoms with E-state index >= 15 is 0 Å². The maximum absolute atomic E-state index is 12.1. The van der Waals surface area contributed by atoms with E-state index in [0.29, 0.717) is 0 Å². The van der Waals surface area contributed by atoms with Gasteiger partial charge in [-0.2, -0.15) is 4.57 Å². The predicted octanol–water partition coefficient (Wildman–Crippen LogP) is -3.80. The van der Waals surface area contributed by atoms with Crippen molar-refractivity contribution in [3.63, 3.8) is 0 Å². The van der Waals surface area contributed by atoms with Crippen LogP contribution in [0.15, 0.2) is 30.6 Å². The van der Waals surface area contributed by atoms with Gasteiger partial charge in [0.15, 0.2) is 23.7 Å². The van der Waals surface area contributed by atoms with Crippen LogP contribution < -0.4 is 28.0 Å². The number of ketones is 1. The van der Waals surface area contributed by atoms with E-state index < -0.39 is 29.5 Å². The quantitative estimate of drug-likeness (QED) is 0.482. The number of amides is 1. The highest BCUT2D eigenvalue weighted by Crippen LogP contribution is 2.27. The number of rotatable bonds is 4.